The lowest BCUT2D eigenvalue weighted by atomic mass is 10.2. The topological polar surface area (TPSA) is 3.24 Å². The van der Waals surface area contributed by atoms with Gasteiger partial charge in [0.25, 0.3) is 0 Å². The molecule has 0 aliphatic carbocycles. The van der Waals surface area contributed by atoms with Gasteiger partial charge in [0.05, 0.1) is 4.21 Å². The van der Waals surface area contributed by atoms with Crippen LogP contribution < -0.4 is 0 Å². The van der Waals surface area contributed by atoms with Gasteiger partial charge < -0.3 is 4.90 Å². The molecule has 0 amide bonds. The van der Waals surface area contributed by atoms with E-state index in [0.29, 0.717) is 0 Å². The molecule has 0 radical (unpaired) electrons. The number of hydrogen-bond acceptors (Lipinski definition) is 3. The van der Waals surface area contributed by atoms with Crippen molar-refractivity contribution in [3.05, 3.63) is 45.7 Å². The molecule has 0 saturated heterocycles. The van der Waals surface area contributed by atoms with Gasteiger partial charge in [0.2, 0.25) is 0 Å². The van der Waals surface area contributed by atoms with Gasteiger partial charge in [-0.15, -0.1) is 11.3 Å². The number of halogens is 1. The molecule has 19 heavy (non-hydrogen) atoms. The highest BCUT2D eigenvalue weighted by molar-refractivity contribution is 9.10. The van der Waals surface area contributed by atoms with Crippen LogP contribution in [0, 0.1) is 0 Å². The van der Waals surface area contributed by atoms with Gasteiger partial charge in [0, 0.05) is 14.2 Å². The van der Waals surface area contributed by atoms with E-state index in [1.54, 1.807) is 0 Å². The Kier molecular flexibility index (Phi) is 5.95. The van der Waals surface area contributed by atoms with Crippen molar-refractivity contribution in [3.63, 3.8) is 0 Å². The van der Waals surface area contributed by atoms with Gasteiger partial charge in [-0.25, -0.2) is 0 Å². The molecule has 1 aromatic heterocycles. The van der Waals surface area contributed by atoms with Crippen molar-refractivity contribution >= 4 is 39.0 Å². The van der Waals surface area contributed by atoms with E-state index < -0.39 is 0 Å². The minimum absolute atomic E-state index is 1.13. The van der Waals surface area contributed by atoms with Gasteiger partial charge in [-0.3, -0.25) is 0 Å². The van der Waals surface area contributed by atoms with Gasteiger partial charge in [0.1, 0.15) is 0 Å². The Hall–Kier alpha value is -0.290. The van der Waals surface area contributed by atoms with Gasteiger partial charge in [-0.05, 0) is 69.9 Å². The summed E-state index contributed by atoms with van der Waals surface area (Å²) in [6.07, 6.45) is 2.42. The first-order chi connectivity index (χ1) is 9.13. The predicted octanol–water partition coefficient (Wildman–Crippen LogP) is 5.16. The number of benzene rings is 1. The van der Waals surface area contributed by atoms with Crippen LogP contribution in [0.2, 0.25) is 0 Å². The Bertz CT molecular complexity index is 505. The molecule has 1 heterocycles. The second kappa shape index (κ2) is 7.48. The van der Waals surface area contributed by atoms with Crippen LogP contribution in [0.15, 0.2) is 50.0 Å². The van der Waals surface area contributed by atoms with E-state index in [1.807, 2.05) is 23.1 Å². The predicted molar refractivity (Wildman–Crippen MR) is 89.5 cm³/mol. The number of nitrogens with zero attached hydrogens (tertiary/aromatic N) is 1. The monoisotopic (exact) mass is 355 g/mol. The summed E-state index contributed by atoms with van der Waals surface area (Å²) in [5, 5.41) is 0. The minimum atomic E-state index is 1.13. The highest BCUT2D eigenvalue weighted by atomic mass is 79.9. The lowest BCUT2D eigenvalue weighted by Gasteiger charge is -2.07. The highest BCUT2D eigenvalue weighted by Crippen LogP contribution is 2.34. The van der Waals surface area contributed by atoms with Crippen LogP contribution in [0.4, 0.5) is 0 Å². The number of rotatable bonds is 6. The quantitative estimate of drug-likeness (QED) is 0.704. The van der Waals surface area contributed by atoms with Crippen molar-refractivity contribution in [1.29, 1.82) is 0 Å². The molecule has 102 valence electrons. The van der Waals surface area contributed by atoms with Crippen LogP contribution >= 0.6 is 39.0 Å². The van der Waals surface area contributed by atoms with E-state index in [2.05, 4.69) is 71.3 Å². The fourth-order valence-electron chi connectivity index (χ4n) is 1.74. The van der Waals surface area contributed by atoms with Crippen molar-refractivity contribution in [1.82, 2.24) is 4.90 Å². The summed E-state index contributed by atoms with van der Waals surface area (Å²) in [5.74, 6) is 0. The molecule has 0 aliphatic rings. The van der Waals surface area contributed by atoms with Gasteiger partial charge in [-0.1, -0.05) is 27.7 Å². The summed E-state index contributed by atoms with van der Waals surface area (Å²) in [6, 6.07) is 13.0. The second-order valence-corrected chi connectivity index (χ2v) is 8.14. The molecular formula is C15H18BrNS2. The second-order valence-electron chi connectivity index (χ2n) is 4.68. The molecule has 0 spiro atoms. The molecule has 0 aliphatic heterocycles. The van der Waals surface area contributed by atoms with Crippen molar-refractivity contribution < 1.29 is 0 Å². The normalized spacial score (nSPS) is 11.2. The summed E-state index contributed by atoms with van der Waals surface area (Å²) in [7, 11) is 4.26. The van der Waals surface area contributed by atoms with E-state index in [9.17, 15) is 0 Å². The Balaban J connectivity index is 1.88. The van der Waals surface area contributed by atoms with Crippen LogP contribution in [0.3, 0.4) is 0 Å². The van der Waals surface area contributed by atoms with Crippen molar-refractivity contribution in [2.75, 3.05) is 20.6 Å². The molecule has 0 atom stereocenters. The molecule has 2 rings (SSSR count). The zero-order valence-corrected chi connectivity index (χ0v) is 14.4. The van der Waals surface area contributed by atoms with Crippen molar-refractivity contribution in [3.8, 4) is 0 Å². The first-order valence-corrected chi connectivity index (χ1v) is 8.73. The average Bonchev–Trinajstić information content (AvgIpc) is 2.79. The molecular weight excluding hydrogens is 338 g/mol. The van der Waals surface area contributed by atoms with Gasteiger partial charge >= 0.3 is 0 Å². The lowest BCUT2D eigenvalue weighted by Crippen LogP contribution is -2.13. The highest BCUT2D eigenvalue weighted by Gasteiger charge is 2.03. The fourth-order valence-corrected chi connectivity index (χ4v) is 4.19. The third-order valence-electron chi connectivity index (χ3n) is 2.70. The van der Waals surface area contributed by atoms with E-state index >= 15 is 0 Å². The van der Waals surface area contributed by atoms with Crippen LogP contribution in [0.25, 0.3) is 0 Å². The maximum absolute atomic E-state index is 3.46. The molecule has 0 fully saturated rings. The van der Waals surface area contributed by atoms with E-state index in [0.717, 1.165) is 11.0 Å². The third-order valence-corrected chi connectivity index (χ3v) is 5.51. The summed E-state index contributed by atoms with van der Waals surface area (Å²) >= 11 is 7.22. The van der Waals surface area contributed by atoms with E-state index in [4.69, 9.17) is 0 Å². The number of aryl methyl sites for hydroxylation is 1. The Morgan fingerprint density at radius 2 is 1.84 bits per heavy atom. The molecule has 1 nitrogen and oxygen atoms in total. The standard InChI is InChI=1S/C15H18BrNS2/c1-17(2)11-3-4-13-9-10-15(18-13)19-14-7-5-12(16)6-8-14/h5-10H,3-4,11H2,1-2H3. The molecule has 0 bridgehead atoms. The van der Waals surface area contributed by atoms with Crippen LogP contribution in [0.5, 0.6) is 0 Å². The van der Waals surface area contributed by atoms with Crippen LogP contribution in [-0.2, 0) is 6.42 Å². The SMILES string of the molecule is CN(C)CCCc1ccc(Sc2ccc(Br)cc2)s1. The third kappa shape index (κ3) is 5.30. The number of hydrogen-bond donors (Lipinski definition) is 0. The molecule has 1 aromatic carbocycles. The smallest absolute Gasteiger partial charge is 0.0649 e. The zero-order chi connectivity index (χ0) is 13.7. The largest absolute Gasteiger partial charge is 0.309 e. The first kappa shape index (κ1) is 15.1. The van der Waals surface area contributed by atoms with Crippen molar-refractivity contribution in [2.24, 2.45) is 0 Å². The molecule has 0 saturated carbocycles. The fraction of sp³-hybridized carbons (Fsp3) is 0.333. The van der Waals surface area contributed by atoms with Gasteiger partial charge in [-0.2, -0.15) is 0 Å². The maximum Gasteiger partial charge on any atom is 0.0649 e. The molecule has 0 unspecified atom stereocenters. The van der Waals surface area contributed by atoms with Crippen molar-refractivity contribution in [2.45, 2.75) is 21.9 Å². The Morgan fingerprint density at radius 3 is 2.53 bits per heavy atom. The van der Waals surface area contributed by atoms with E-state index in [-0.39, 0.29) is 0 Å². The average molecular weight is 356 g/mol. The first-order valence-electron chi connectivity index (χ1n) is 6.30. The van der Waals surface area contributed by atoms with Crippen LogP contribution in [-0.4, -0.2) is 25.5 Å². The zero-order valence-electron chi connectivity index (χ0n) is 11.2. The summed E-state index contributed by atoms with van der Waals surface area (Å²) in [4.78, 5) is 5.02. The molecule has 2 aromatic rings. The Morgan fingerprint density at radius 1 is 1.11 bits per heavy atom. The number of thiophene rings is 1. The summed E-state index contributed by atoms with van der Waals surface area (Å²) < 4.78 is 2.51. The summed E-state index contributed by atoms with van der Waals surface area (Å²) in [5.41, 5.74) is 0. The lowest BCUT2D eigenvalue weighted by molar-refractivity contribution is 0.401. The van der Waals surface area contributed by atoms with E-state index in [1.165, 1.54) is 26.8 Å². The molecule has 4 heteroatoms. The maximum atomic E-state index is 3.46. The summed E-state index contributed by atoms with van der Waals surface area (Å²) in [6.45, 7) is 1.16. The molecule has 0 N–H and O–H groups in total. The van der Waals surface area contributed by atoms with Gasteiger partial charge in [0.15, 0.2) is 0 Å². The van der Waals surface area contributed by atoms with Crippen LogP contribution in [0.1, 0.15) is 11.3 Å². The minimum Gasteiger partial charge on any atom is -0.309 e. The Labute approximate surface area is 132 Å².